The first-order valence-corrected chi connectivity index (χ1v) is 7.39. The van der Waals surface area contributed by atoms with Gasteiger partial charge in [0.15, 0.2) is 0 Å². The number of likely N-dealkylation sites (tertiary alicyclic amines) is 1. The maximum atomic E-state index is 12.2. The molecule has 2 N–H and O–H groups in total. The highest BCUT2D eigenvalue weighted by Crippen LogP contribution is 2.25. The van der Waals surface area contributed by atoms with E-state index in [-0.39, 0.29) is 11.8 Å². The first-order valence-electron chi connectivity index (χ1n) is 7.39. The molecule has 2 fully saturated rings. The maximum absolute atomic E-state index is 12.2. The van der Waals surface area contributed by atoms with Crippen molar-refractivity contribution in [3.05, 3.63) is 30.1 Å². The topological polar surface area (TPSA) is 91.4 Å². The SMILES string of the molecule is O=C1NC(=O)C2(CCN(C(=O)CCc3cccnc3)CC2)N1. The van der Waals surface area contributed by atoms with E-state index in [2.05, 4.69) is 15.6 Å². The zero-order valence-electron chi connectivity index (χ0n) is 12.2. The summed E-state index contributed by atoms with van der Waals surface area (Å²) in [4.78, 5) is 41.1. The minimum atomic E-state index is -0.822. The number of imide groups is 1. The molecule has 1 spiro atoms. The molecular weight excluding hydrogens is 284 g/mol. The molecule has 2 aliphatic rings. The lowest BCUT2D eigenvalue weighted by atomic mass is 9.87. The van der Waals surface area contributed by atoms with E-state index in [1.807, 2.05) is 12.1 Å². The number of carbonyl (C=O) groups is 3. The molecule has 22 heavy (non-hydrogen) atoms. The van der Waals surface area contributed by atoms with Gasteiger partial charge in [-0.2, -0.15) is 0 Å². The Morgan fingerprint density at radius 3 is 2.68 bits per heavy atom. The number of carbonyl (C=O) groups excluding carboxylic acids is 3. The summed E-state index contributed by atoms with van der Waals surface area (Å²) < 4.78 is 0. The fourth-order valence-electron chi connectivity index (χ4n) is 2.97. The van der Waals surface area contributed by atoms with Gasteiger partial charge in [0.25, 0.3) is 5.91 Å². The second-order valence-corrected chi connectivity index (χ2v) is 5.73. The van der Waals surface area contributed by atoms with Crippen molar-refractivity contribution in [2.24, 2.45) is 0 Å². The molecule has 116 valence electrons. The number of aromatic nitrogens is 1. The lowest BCUT2D eigenvalue weighted by Gasteiger charge is -2.37. The van der Waals surface area contributed by atoms with Crippen LogP contribution in [0, 0.1) is 0 Å². The molecule has 0 atom stereocenters. The third-order valence-electron chi connectivity index (χ3n) is 4.33. The Morgan fingerprint density at radius 2 is 2.09 bits per heavy atom. The normalized spacial score (nSPS) is 19.9. The fraction of sp³-hybridized carbons (Fsp3) is 0.467. The standard InChI is InChI=1S/C15H18N4O3/c20-12(4-3-11-2-1-7-16-10-11)19-8-5-15(6-9-19)13(21)17-14(22)18-15/h1-2,7,10H,3-6,8-9H2,(H2,17,18,21,22). The van der Waals surface area contributed by atoms with E-state index in [0.29, 0.717) is 38.8 Å². The number of piperidine rings is 1. The minimum Gasteiger partial charge on any atom is -0.342 e. The van der Waals surface area contributed by atoms with E-state index in [1.54, 1.807) is 17.3 Å². The molecular formula is C15H18N4O3. The van der Waals surface area contributed by atoms with Crippen molar-refractivity contribution < 1.29 is 14.4 Å². The average Bonchev–Trinajstić information content (AvgIpc) is 2.80. The molecule has 1 aromatic heterocycles. The lowest BCUT2D eigenvalue weighted by Crippen LogP contribution is -2.55. The number of nitrogens with zero attached hydrogens (tertiary/aromatic N) is 2. The number of nitrogens with one attached hydrogen (secondary N) is 2. The van der Waals surface area contributed by atoms with Gasteiger partial charge in [-0.15, -0.1) is 0 Å². The third kappa shape index (κ3) is 2.79. The molecule has 2 aliphatic heterocycles. The Kier molecular flexibility index (Phi) is 3.79. The highest BCUT2D eigenvalue weighted by Gasteiger charge is 2.48. The molecule has 7 heteroatoms. The summed E-state index contributed by atoms with van der Waals surface area (Å²) in [7, 11) is 0. The molecule has 0 bridgehead atoms. The van der Waals surface area contributed by atoms with E-state index in [9.17, 15) is 14.4 Å². The van der Waals surface area contributed by atoms with E-state index in [4.69, 9.17) is 0 Å². The first-order chi connectivity index (χ1) is 10.6. The molecule has 0 saturated carbocycles. The summed E-state index contributed by atoms with van der Waals surface area (Å²) in [5.74, 6) is -0.205. The Hall–Kier alpha value is -2.44. The van der Waals surface area contributed by atoms with Crippen molar-refractivity contribution in [1.82, 2.24) is 20.5 Å². The highest BCUT2D eigenvalue weighted by molar-refractivity contribution is 6.07. The van der Waals surface area contributed by atoms with Crippen molar-refractivity contribution in [3.63, 3.8) is 0 Å². The van der Waals surface area contributed by atoms with Crippen LogP contribution < -0.4 is 10.6 Å². The van der Waals surface area contributed by atoms with Crippen LogP contribution in [-0.4, -0.2) is 46.4 Å². The number of aryl methyl sites for hydroxylation is 1. The Bertz CT molecular complexity index is 594. The van der Waals surface area contributed by atoms with Crippen LogP contribution in [-0.2, 0) is 16.0 Å². The van der Waals surface area contributed by atoms with Crippen LogP contribution in [0.1, 0.15) is 24.8 Å². The molecule has 7 nitrogen and oxygen atoms in total. The maximum Gasteiger partial charge on any atom is 0.322 e. The predicted molar refractivity (Wildman–Crippen MR) is 77.8 cm³/mol. The van der Waals surface area contributed by atoms with Crippen LogP contribution in [0.4, 0.5) is 4.79 Å². The second-order valence-electron chi connectivity index (χ2n) is 5.73. The van der Waals surface area contributed by atoms with E-state index in [1.165, 1.54) is 0 Å². The summed E-state index contributed by atoms with van der Waals surface area (Å²) >= 11 is 0. The first kappa shape index (κ1) is 14.5. The van der Waals surface area contributed by atoms with Crippen LogP contribution in [0.3, 0.4) is 0 Å². The number of urea groups is 1. The molecule has 3 rings (SSSR count). The Morgan fingerprint density at radius 1 is 1.32 bits per heavy atom. The number of hydrogen-bond donors (Lipinski definition) is 2. The van der Waals surface area contributed by atoms with Gasteiger partial charge in [-0.05, 0) is 30.9 Å². The summed E-state index contributed by atoms with van der Waals surface area (Å²) in [6.07, 6.45) is 5.47. The molecule has 0 unspecified atom stereocenters. The Labute approximate surface area is 128 Å². The van der Waals surface area contributed by atoms with Gasteiger partial charge in [-0.25, -0.2) is 4.79 Å². The molecule has 0 aromatic carbocycles. The number of amides is 4. The lowest BCUT2D eigenvalue weighted by molar-refractivity contribution is -0.135. The van der Waals surface area contributed by atoms with Crippen molar-refractivity contribution in [1.29, 1.82) is 0 Å². The van der Waals surface area contributed by atoms with Gasteiger partial charge in [-0.1, -0.05) is 6.07 Å². The van der Waals surface area contributed by atoms with Gasteiger partial charge >= 0.3 is 6.03 Å². The predicted octanol–water partition coefficient (Wildman–Crippen LogP) is 0.215. The van der Waals surface area contributed by atoms with Crippen LogP contribution in [0.25, 0.3) is 0 Å². The van der Waals surface area contributed by atoms with Crippen molar-refractivity contribution in [2.75, 3.05) is 13.1 Å². The molecule has 3 heterocycles. The zero-order chi connectivity index (χ0) is 15.6. The largest absolute Gasteiger partial charge is 0.342 e. The monoisotopic (exact) mass is 302 g/mol. The second kappa shape index (κ2) is 5.75. The van der Waals surface area contributed by atoms with Gasteiger partial charge in [0.05, 0.1) is 0 Å². The van der Waals surface area contributed by atoms with Crippen LogP contribution in [0.15, 0.2) is 24.5 Å². The number of pyridine rings is 1. The van der Waals surface area contributed by atoms with Crippen molar-refractivity contribution in [3.8, 4) is 0 Å². The minimum absolute atomic E-state index is 0.0726. The molecule has 2 saturated heterocycles. The van der Waals surface area contributed by atoms with Gasteiger partial charge in [0.2, 0.25) is 5.91 Å². The highest BCUT2D eigenvalue weighted by atomic mass is 16.2. The zero-order valence-corrected chi connectivity index (χ0v) is 12.2. The van der Waals surface area contributed by atoms with Gasteiger partial charge < -0.3 is 10.2 Å². The van der Waals surface area contributed by atoms with Gasteiger partial charge in [-0.3, -0.25) is 19.9 Å². The van der Waals surface area contributed by atoms with Crippen LogP contribution in [0.5, 0.6) is 0 Å². The number of rotatable bonds is 3. The van der Waals surface area contributed by atoms with Crippen LogP contribution >= 0.6 is 0 Å². The van der Waals surface area contributed by atoms with Crippen molar-refractivity contribution >= 4 is 17.8 Å². The summed E-state index contributed by atoms with van der Waals surface area (Å²) in [6.45, 7) is 0.971. The molecule has 0 radical (unpaired) electrons. The van der Waals surface area contributed by atoms with E-state index in [0.717, 1.165) is 5.56 Å². The molecule has 0 aliphatic carbocycles. The Balaban J connectivity index is 1.52. The quantitative estimate of drug-likeness (QED) is 0.781. The molecule has 4 amide bonds. The number of hydrogen-bond acceptors (Lipinski definition) is 4. The fourth-order valence-corrected chi connectivity index (χ4v) is 2.97. The van der Waals surface area contributed by atoms with E-state index >= 15 is 0 Å². The van der Waals surface area contributed by atoms with Crippen molar-refractivity contribution in [2.45, 2.75) is 31.2 Å². The smallest absolute Gasteiger partial charge is 0.322 e. The third-order valence-corrected chi connectivity index (χ3v) is 4.33. The summed E-state index contributed by atoms with van der Waals surface area (Å²) in [5, 5.41) is 4.96. The van der Waals surface area contributed by atoms with Gasteiger partial charge in [0, 0.05) is 31.9 Å². The summed E-state index contributed by atoms with van der Waals surface area (Å²) in [6, 6.07) is 3.36. The average molecular weight is 302 g/mol. The van der Waals surface area contributed by atoms with Gasteiger partial charge in [0.1, 0.15) is 5.54 Å². The molecule has 1 aromatic rings. The van der Waals surface area contributed by atoms with Crippen LogP contribution in [0.2, 0.25) is 0 Å². The van der Waals surface area contributed by atoms with E-state index < -0.39 is 11.6 Å². The summed E-state index contributed by atoms with van der Waals surface area (Å²) in [5.41, 5.74) is 0.212.